The van der Waals surface area contributed by atoms with E-state index >= 15 is 0 Å². The average Bonchev–Trinajstić information content (AvgIpc) is 3.64. The lowest BCUT2D eigenvalue weighted by atomic mass is 9.67. The van der Waals surface area contributed by atoms with Gasteiger partial charge in [-0.25, -0.2) is 4.99 Å². The maximum absolute atomic E-state index is 13.0. The van der Waals surface area contributed by atoms with E-state index in [4.69, 9.17) is 11.5 Å². The highest BCUT2D eigenvalue weighted by Gasteiger charge is 2.46. The van der Waals surface area contributed by atoms with Crippen LogP contribution in [0.4, 0.5) is 0 Å². The van der Waals surface area contributed by atoms with Gasteiger partial charge in [-0.05, 0) is 85.5 Å². The SMILES string of the molecule is C[C@@H](CC1(C2=NCN=N2)c2ccc(C(N)=O)cc2CCc2cc(C(N)=O)ccc21)NCC(=O)N1CCC[C@H]1C#N. The van der Waals surface area contributed by atoms with Gasteiger partial charge in [-0.2, -0.15) is 10.4 Å². The predicted molar refractivity (Wildman–Crippen MR) is 148 cm³/mol. The average molecular weight is 541 g/mol. The van der Waals surface area contributed by atoms with Crippen LogP contribution in [0.15, 0.2) is 51.6 Å². The molecule has 11 nitrogen and oxygen atoms in total. The Kier molecular flexibility index (Phi) is 7.45. The monoisotopic (exact) mass is 540 g/mol. The molecule has 40 heavy (non-hydrogen) atoms. The van der Waals surface area contributed by atoms with Crippen molar-refractivity contribution in [1.82, 2.24) is 10.2 Å². The van der Waals surface area contributed by atoms with Gasteiger partial charge in [0.1, 0.15) is 6.04 Å². The second-order valence-corrected chi connectivity index (χ2v) is 10.6. The van der Waals surface area contributed by atoms with Crippen LogP contribution >= 0.6 is 0 Å². The van der Waals surface area contributed by atoms with Gasteiger partial charge in [0.25, 0.3) is 0 Å². The van der Waals surface area contributed by atoms with Crippen LogP contribution in [0, 0.1) is 11.3 Å². The van der Waals surface area contributed by atoms with E-state index < -0.39 is 17.2 Å². The van der Waals surface area contributed by atoms with Gasteiger partial charge in [0.15, 0.2) is 12.5 Å². The zero-order valence-corrected chi connectivity index (χ0v) is 22.4. The third-order valence-electron chi connectivity index (χ3n) is 8.13. The van der Waals surface area contributed by atoms with E-state index in [9.17, 15) is 19.6 Å². The fraction of sp³-hybridized carbons (Fsp3) is 0.414. The van der Waals surface area contributed by atoms with Crippen LogP contribution in [0.2, 0.25) is 0 Å². The van der Waals surface area contributed by atoms with Crippen LogP contribution in [0.5, 0.6) is 0 Å². The van der Waals surface area contributed by atoms with Gasteiger partial charge in [0.05, 0.1) is 18.0 Å². The summed E-state index contributed by atoms with van der Waals surface area (Å²) in [6.45, 7) is 2.86. The highest BCUT2D eigenvalue weighted by Crippen LogP contribution is 2.46. The minimum Gasteiger partial charge on any atom is -0.366 e. The molecule has 1 fully saturated rings. The summed E-state index contributed by atoms with van der Waals surface area (Å²) in [5.41, 5.74) is 14.9. The third kappa shape index (κ3) is 4.86. The van der Waals surface area contributed by atoms with E-state index in [0.717, 1.165) is 28.7 Å². The lowest BCUT2D eigenvalue weighted by molar-refractivity contribution is -0.130. The maximum Gasteiger partial charge on any atom is 0.248 e. The lowest BCUT2D eigenvalue weighted by Gasteiger charge is -2.37. The number of amidine groups is 1. The Morgan fingerprint density at radius 3 is 2.25 bits per heavy atom. The first-order valence-electron chi connectivity index (χ1n) is 13.5. The first kappa shape index (κ1) is 27.1. The van der Waals surface area contributed by atoms with Crippen molar-refractivity contribution in [3.63, 3.8) is 0 Å². The van der Waals surface area contributed by atoms with Crippen molar-refractivity contribution in [3.8, 4) is 6.07 Å². The summed E-state index contributed by atoms with van der Waals surface area (Å²) in [7, 11) is 0. The Morgan fingerprint density at radius 2 is 1.73 bits per heavy atom. The highest BCUT2D eigenvalue weighted by molar-refractivity contribution is 6.00. The molecule has 11 heteroatoms. The number of nitriles is 1. The zero-order valence-electron chi connectivity index (χ0n) is 22.4. The Labute approximate surface area is 232 Å². The number of hydrogen-bond donors (Lipinski definition) is 3. The number of likely N-dealkylation sites (tertiary alicyclic amines) is 1. The Morgan fingerprint density at radius 1 is 1.10 bits per heavy atom. The van der Waals surface area contributed by atoms with Crippen LogP contribution < -0.4 is 16.8 Å². The van der Waals surface area contributed by atoms with E-state index in [-0.39, 0.29) is 31.2 Å². The molecule has 2 heterocycles. The van der Waals surface area contributed by atoms with Gasteiger partial charge in [-0.15, -0.1) is 5.11 Å². The number of nitrogens with zero attached hydrogens (tertiary/aromatic N) is 5. The molecule has 2 aliphatic heterocycles. The van der Waals surface area contributed by atoms with E-state index in [2.05, 4.69) is 26.6 Å². The summed E-state index contributed by atoms with van der Waals surface area (Å²) in [4.78, 5) is 43.4. The summed E-state index contributed by atoms with van der Waals surface area (Å²) in [6, 6.07) is 12.5. The number of amides is 3. The number of primary amides is 2. The molecule has 2 aromatic rings. The van der Waals surface area contributed by atoms with Crippen molar-refractivity contribution in [1.29, 1.82) is 5.26 Å². The number of hydrogen-bond acceptors (Lipinski definition) is 8. The van der Waals surface area contributed by atoms with Crippen molar-refractivity contribution in [2.45, 2.75) is 56.5 Å². The highest BCUT2D eigenvalue weighted by atomic mass is 16.2. The van der Waals surface area contributed by atoms with E-state index in [0.29, 0.717) is 49.2 Å². The van der Waals surface area contributed by atoms with Crippen LogP contribution in [-0.2, 0) is 23.1 Å². The lowest BCUT2D eigenvalue weighted by Crippen LogP contribution is -2.47. The molecule has 1 aliphatic carbocycles. The molecule has 5 rings (SSSR count). The standard InChI is InChI=1S/C29H32N8O3/c1-17(33-15-25(38)37-10-2-3-22(37)14-30)13-29(28-34-16-35-36-28)23-8-6-20(26(31)39)11-18(23)4-5-19-12-21(27(32)40)7-9-24(19)29/h6-9,11-12,17,22,33H,2-5,10,13,15-16H2,1H3,(H2,31,39)(H2,32,40)/t17-,22-/m0/s1. The molecule has 0 unspecified atom stereocenters. The first-order chi connectivity index (χ1) is 19.2. The number of carbonyl (C=O) groups excluding carboxylic acids is 3. The van der Waals surface area contributed by atoms with Gasteiger partial charge in [-0.3, -0.25) is 14.4 Å². The molecule has 0 radical (unpaired) electrons. The predicted octanol–water partition coefficient (Wildman–Crippen LogP) is 1.97. The molecule has 0 aromatic heterocycles. The zero-order chi connectivity index (χ0) is 28.4. The molecule has 3 aliphatic rings. The second kappa shape index (κ2) is 11.0. The number of aryl methyl sites for hydroxylation is 2. The number of nitrogens with one attached hydrogen (secondary N) is 1. The third-order valence-corrected chi connectivity index (χ3v) is 8.13. The van der Waals surface area contributed by atoms with Gasteiger partial charge >= 0.3 is 0 Å². The molecule has 0 spiro atoms. The van der Waals surface area contributed by atoms with Crippen molar-refractivity contribution in [3.05, 3.63) is 69.8 Å². The Balaban J connectivity index is 1.58. The topological polar surface area (TPSA) is 179 Å². The first-order valence-corrected chi connectivity index (χ1v) is 13.5. The minimum atomic E-state index is -0.883. The molecule has 1 saturated heterocycles. The molecular formula is C29H32N8O3. The number of carbonyl (C=O) groups is 3. The molecule has 2 aromatic carbocycles. The number of azo groups is 1. The Hall–Kier alpha value is -4.43. The van der Waals surface area contributed by atoms with Crippen molar-refractivity contribution < 1.29 is 14.4 Å². The minimum absolute atomic E-state index is 0.0877. The van der Waals surface area contributed by atoms with Crippen LogP contribution in [-0.4, -0.2) is 60.3 Å². The fourth-order valence-electron chi connectivity index (χ4n) is 6.25. The second-order valence-electron chi connectivity index (χ2n) is 10.6. The molecule has 0 saturated carbocycles. The Bertz CT molecular complexity index is 1410. The molecule has 2 atom stereocenters. The van der Waals surface area contributed by atoms with Gasteiger partial charge in [0, 0.05) is 23.7 Å². The number of rotatable bonds is 8. The number of fused-ring (bicyclic) bond motifs is 2. The van der Waals surface area contributed by atoms with Crippen molar-refractivity contribution >= 4 is 23.6 Å². The van der Waals surface area contributed by atoms with Gasteiger partial charge < -0.3 is 21.7 Å². The van der Waals surface area contributed by atoms with Crippen molar-refractivity contribution in [2.75, 3.05) is 19.8 Å². The summed E-state index contributed by atoms with van der Waals surface area (Å²) in [5, 5.41) is 21.4. The summed E-state index contributed by atoms with van der Waals surface area (Å²) >= 11 is 0. The molecule has 206 valence electrons. The quantitative estimate of drug-likeness (QED) is 0.462. The summed E-state index contributed by atoms with van der Waals surface area (Å²) in [6.07, 6.45) is 3.18. The van der Waals surface area contributed by atoms with Crippen LogP contribution in [0.25, 0.3) is 0 Å². The summed E-state index contributed by atoms with van der Waals surface area (Å²) in [5.74, 6) is -0.619. The fourth-order valence-corrected chi connectivity index (χ4v) is 6.25. The smallest absolute Gasteiger partial charge is 0.248 e. The van der Waals surface area contributed by atoms with Crippen LogP contribution in [0.3, 0.4) is 0 Å². The largest absolute Gasteiger partial charge is 0.366 e. The van der Waals surface area contributed by atoms with Crippen LogP contribution in [0.1, 0.15) is 69.2 Å². The maximum atomic E-state index is 13.0. The van der Waals surface area contributed by atoms with Gasteiger partial charge in [0.2, 0.25) is 17.7 Å². The van der Waals surface area contributed by atoms with Gasteiger partial charge in [-0.1, -0.05) is 12.1 Å². The number of nitrogens with two attached hydrogens (primary N) is 2. The molecule has 5 N–H and O–H groups in total. The van der Waals surface area contributed by atoms with Crippen molar-refractivity contribution in [2.24, 2.45) is 26.7 Å². The summed E-state index contributed by atoms with van der Waals surface area (Å²) < 4.78 is 0. The molecule has 0 bridgehead atoms. The molecule has 3 amide bonds. The van der Waals surface area contributed by atoms with E-state index in [1.165, 1.54) is 0 Å². The normalized spacial score (nSPS) is 19.6. The van der Waals surface area contributed by atoms with E-state index in [1.54, 1.807) is 17.0 Å². The van der Waals surface area contributed by atoms with E-state index in [1.807, 2.05) is 31.2 Å². The number of benzene rings is 2. The number of aliphatic imine (C=N–C) groups is 1. The molecular weight excluding hydrogens is 508 g/mol.